The Hall–Kier alpha value is -6.48. The van der Waals surface area contributed by atoms with Gasteiger partial charge in [-0.15, -0.1) is 0 Å². The van der Waals surface area contributed by atoms with Gasteiger partial charge in [-0.2, -0.15) is 46.7 Å². The quantitative estimate of drug-likeness (QED) is 0.0967. The number of hydrogen-bond acceptors (Lipinski definition) is 16. The van der Waals surface area contributed by atoms with Crippen LogP contribution in [0.4, 0.5) is 47.1 Å². The lowest BCUT2D eigenvalue weighted by Crippen LogP contribution is -2.15. The van der Waals surface area contributed by atoms with Gasteiger partial charge in [0.15, 0.2) is 0 Å². The Morgan fingerprint density at radius 2 is 0.944 bits per heavy atom. The fourth-order valence-electron chi connectivity index (χ4n) is 5.37. The van der Waals surface area contributed by atoms with E-state index >= 15 is 0 Å². The number of rotatable bonds is 8. The maximum atomic E-state index is 12.7. The third kappa shape index (κ3) is 9.11. The summed E-state index contributed by atoms with van der Waals surface area (Å²) in [6, 6.07) is 28.2. The first-order chi connectivity index (χ1) is 25.9. The van der Waals surface area contributed by atoms with E-state index in [0.29, 0.717) is 19.2 Å². The molecular weight excluding hydrogens is 737 g/mol. The van der Waals surface area contributed by atoms with E-state index in [1.165, 1.54) is 0 Å². The first kappa shape index (κ1) is 35.9. The second-order valence-electron chi connectivity index (χ2n) is 11.9. The fourth-order valence-corrected chi connectivity index (χ4v) is 6.75. The van der Waals surface area contributed by atoms with Crippen molar-refractivity contribution < 1.29 is 25.9 Å². The molecule has 54 heavy (non-hydrogen) atoms. The number of nitrogens with zero attached hydrogens (tertiary/aromatic N) is 6. The van der Waals surface area contributed by atoms with E-state index in [1.54, 1.807) is 0 Å². The van der Waals surface area contributed by atoms with Crippen LogP contribution in [0.5, 0.6) is 0 Å². The van der Waals surface area contributed by atoms with Crippen molar-refractivity contribution in [1.29, 1.82) is 0 Å². The smallest absolute Gasteiger partial charge is 0.296 e. The lowest BCUT2D eigenvalue weighted by molar-refractivity contribution is 0.482. The molecule has 8 bridgehead atoms. The van der Waals surface area contributed by atoms with Crippen molar-refractivity contribution in [2.45, 2.75) is 36.0 Å². The molecule has 0 amide bonds. The summed E-state index contributed by atoms with van der Waals surface area (Å²) in [5.41, 5.74) is 2.90. The first-order valence-electron chi connectivity index (χ1n) is 16.2. The predicted octanol–water partition coefficient (Wildman–Crippen LogP) is 4.80. The zero-order chi connectivity index (χ0) is 37.7. The molecule has 276 valence electrons. The van der Waals surface area contributed by atoms with Crippen molar-refractivity contribution in [3.05, 3.63) is 119 Å². The van der Waals surface area contributed by atoms with Crippen LogP contribution < -0.4 is 31.9 Å². The third-order valence-electron chi connectivity index (χ3n) is 7.88. The van der Waals surface area contributed by atoms with Crippen molar-refractivity contribution in [3.63, 3.8) is 0 Å². The Bertz CT molecular complexity index is 2360. The van der Waals surface area contributed by atoms with Gasteiger partial charge in [-0.3, -0.25) is 9.11 Å². The fraction of sp³-hybridized carbons (Fsp3) is 0.118. The summed E-state index contributed by atoms with van der Waals surface area (Å²) >= 11 is 0. The molecule has 1 aliphatic heterocycles. The summed E-state index contributed by atoms with van der Waals surface area (Å²) in [4.78, 5) is 24.8. The molecule has 20 heteroatoms. The molecule has 3 heterocycles. The summed E-state index contributed by atoms with van der Waals surface area (Å²) in [5.74, 6) is 0.0932. The molecule has 2 aromatic heterocycles. The van der Waals surface area contributed by atoms with Gasteiger partial charge in [0.25, 0.3) is 20.2 Å². The lowest BCUT2D eigenvalue weighted by Gasteiger charge is -2.17. The van der Waals surface area contributed by atoms with Crippen LogP contribution in [0.1, 0.15) is 22.3 Å². The first-order valence-corrected chi connectivity index (χ1v) is 19.1. The van der Waals surface area contributed by atoms with E-state index in [2.05, 4.69) is 61.8 Å². The van der Waals surface area contributed by atoms with Crippen LogP contribution in [0.3, 0.4) is 0 Å². The van der Waals surface area contributed by atoms with Crippen LogP contribution in [0, 0.1) is 0 Å². The average Bonchev–Trinajstić information content (AvgIpc) is 3.14. The van der Waals surface area contributed by atoms with E-state index in [1.807, 2.05) is 84.9 Å². The van der Waals surface area contributed by atoms with E-state index < -0.39 is 30.0 Å². The van der Waals surface area contributed by atoms with E-state index in [0.717, 1.165) is 28.3 Å². The molecule has 7 rings (SSSR count). The standard InChI is InChI=1S/C34H32N12O6S2/c47-53(48,49)27-16-28(54(50,51)52)26-15-25(27)39-33-43-29(35-17-21-8-3-1-4-9-21)41-31(45-33)37-19-23-12-7-13-24(14-23)20-38-32-42-30(44-34(40-26)46-32)36-18-22-10-5-2-6-11-22/h1-16H,17-20H2,(H,47,48,49)(H,50,51,52)(H3,35,37,39,41,43,45)(H3,36,38,40,42,44,46). The second kappa shape index (κ2) is 15.2. The highest BCUT2D eigenvalue weighted by Gasteiger charge is 2.26. The third-order valence-corrected chi connectivity index (χ3v) is 9.67. The Morgan fingerprint density at radius 3 is 1.37 bits per heavy atom. The van der Waals surface area contributed by atoms with E-state index in [9.17, 15) is 25.9 Å². The number of hydrogen-bond donors (Lipinski definition) is 8. The van der Waals surface area contributed by atoms with Crippen LogP contribution in [-0.4, -0.2) is 55.8 Å². The van der Waals surface area contributed by atoms with Crippen LogP contribution in [0.2, 0.25) is 0 Å². The average molecular weight is 769 g/mol. The Balaban J connectivity index is 1.34. The van der Waals surface area contributed by atoms with Crippen molar-refractivity contribution in [2.24, 2.45) is 0 Å². The van der Waals surface area contributed by atoms with Gasteiger partial charge in [-0.1, -0.05) is 84.9 Å². The molecular formula is C34H32N12O6S2. The molecule has 0 atom stereocenters. The maximum absolute atomic E-state index is 12.7. The zero-order valence-electron chi connectivity index (χ0n) is 28.1. The normalized spacial score (nSPS) is 12.8. The molecule has 0 saturated carbocycles. The van der Waals surface area contributed by atoms with Crippen LogP contribution >= 0.6 is 0 Å². The molecule has 0 aliphatic carbocycles. The van der Waals surface area contributed by atoms with Crippen LogP contribution in [-0.2, 0) is 46.4 Å². The molecule has 4 aromatic carbocycles. The Morgan fingerprint density at radius 1 is 0.519 bits per heavy atom. The van der Waals surface area contributed by atoms with E-state index in [-0.39, 0.29) is 60.2 Å². The van der Waals surface area contributed by atoms with Gasteiger partial charge in [0.1, 0.15) is 9.79 Å². The van der Waals surface area contributed by atoms with Crippen LogP contribution in [0.25, 0.3) is 0 Å². The lowest BCUT2D eigenvalue weighted by atomic mass is 10.1. The minimum atomic E-state index is -5.11. The number of aromatic nitrogens is 6. The minimum absolute atomic E-state index is 0.108. The van der Waals surface area contributed by atoms with Gasteiger partial charge in [0.05, 0.1) is 11.4 Å². The summed E-state index contributed by atoms with van der Waals surface area (Å²) < 4.78 is 71.1. The molecule has 0 radical (unpaired) electrons. The predicted molar refractivity (Wildman–Crippen MR) is 201 cm³/mol. The highest BCUT2D eigenvalue weighted by Crippen LogP contribution is 2.35. The maximum Gasteiger partial charge on any atom is 0.296 e. The zero-order valence-corrected chi connectivity index (χ0v) is 29.7. The second-order valence-corrected chi connectivity index (χ2v) is 14.6. The highest BCUT2D eigenvalue weighted by atomic mass is 32.2. The number of nitrogens with one attached hydrogen (secondary N) is 6. The number of benzene rings is 4. The molecule has 18 nitrogen and oxygen atoms in total. The Kier molecular flexibility index (Phi) is 10.1. The van der Waals surface area contributed by atoms with E-state index in [4.69, 9.17) is 0 Å². The monoisotopic (exact) mass is 768 g/mol. The summed E-state index contributed by atoms with van der Waals surface area (Å²) in [6.45, 7) is 1.24. The number of fused-ring (bicyclic) bond motifs is 8. The van der Waals surface area contributed by atoms with Gasteiger partial charge in [0.2, 0.25) is 35.7 Å². The largest absolute Gasteiger partial charge is 0.350 e. The summed E-state index contributed by atoms with van der Waals surface area (Å²) in [7, 11) is -10.2. The molecule has 0 fully saturated rings. The highest BCUT2D eigenvalue weighted by molar-refractivity contribution is 7.86. The van der Waals surface area contributed by atoms with Gasteiger partial charge in [-0.05, 0) is 34.4 Å². The van der Waals surface area contributed by atoms with Gasteiger partial charge >= 0.3 is 0 Å². The SMILES string of the molecule is O=S(=O)(O)c1cc(S(=O)(=O)O)c2cc1Nc1nc(NCc3ccccc3)nc(n1)NCc1cccc(c1)CNc1nc(NCc3ccccc3)nc(n1)N2. The van der Waals surface area contributed by atoms with Crippen molar-refractivity contribution in [2.75, 3.05) is 31.9 Å². The van der Waals surface area contributed by atoms with Gasteiger partial charge in [0, 0.05) is 26.2 Å². The number of anilines is 8. The topological polar surface area (TPSA) is 258 Å². The van der Waals surface area contributed by atoms with Crippen LogP contribution in [0.15, 0.2) is 107 Å². The molecule has 0 unspecified atom stereocenters. The van der Waals surface area contributed by atoms with Crippen molar-refractivity contribution >= 4 is 67.3 Å². The summed E-state index contributed by atoms with van der Waals surface area (Å²) in [6.07, 6.45) is 0. The minimum Gasteiger partial charge on any atom is -0.350 e. The van der Waals surface area contributed by atoms with Gasteiger partial charge < -0.3 is 31.9 Å². The van der Waals surface area contributed by atoms with Gasteiger partial charge in [-0.25, -0.2) is 0 Å². The Labute approximate surface area is 309 Å². The molecule has 0 saturated heterocycles. The molecule has 8 N–H and O–H groups in total. The molecule has 1 aliphatic rings. The van der Waals surface area contributed by atoms with Crippen molar-refractivity contribution in [3.8, 4) is 0 Å². The van der Waals surface area contributed by atoms with Crippen molar-refractivity contribution in [1.82, 2.24) is 29.9 Å². The molecule has 6 aromatic rings. The summed E-state index contributed by atoms with van der Waals surface area (Å²) in [5, 5.41) is 18.1. The molecule has 0 spiro atoms.